The van der Waals surface area contributed by atoms with Crippen molar-refractivity contribution in [1.82, 2.24) is 0 Å². The summed E-state index contributed by atoms with van der Waals surface area (Å²) in [6.07, 6.45) is 0. The molecule has 3 nitrogen and oxygen atoms in total. The van der Waals surface area contributed by atoms with Crippen molar-refractivity contribution in [2.24, 2.45) is 0 Å². The summed E-state index contributed by atoms with van der Waals surface area (Å²) in [5.41, 5.74) is 0.889. The molecule has 1 aromatic carbocycles. The number of hydrogen-bond donors (Lipinski definition) is 0. The van der Waals surface area contributed by atoms with Gasteiger partial charge in [-0.1, -0.05) is 18.2 Å². The summed E-state index contributed by atoms with van der Waals surface area (Å²) in [6, 6.07) is 6.75. The first-order valence-electron chi connectivity index (χ1n) is 3.60. The second kappa shape index (κ2) is 4.96. The average molecular weight is 171 g/mol. The third-order valence-electron chi connectivity index (χ3n) is 1.61. The summed E-state index contributed by atoms with van der Waals surface area (Å²) in [5, 5.41) is 10.6. The van der Waals surface area contributed by atoms with Crippen molar-refractivity contribution in [3.63, 3.8) is 0 Å². The Bertz CT molecular complexity index is 299. The Balaban J connectivity index is 0.00000144. The van der Waals surface area contributed by atoms with Gasteiger partial charge in [0.05, 0.1) is 5.97 Å². The third kappa shape index (κ3) is 2.80. The minimum Gasteiger partial charge on any atom is -0.545 e. The molecule has 0 spiro atoms. The molecule has 0 aliphatic rings. The smallest absolute Gasteiger partial charge is 0.545 e. The van der Waals surface area contributed by atoms with Gasteiger partial charge in [0.2, 0.25) is 0 Å². The van der Waals surface area contributed by atoms with Crippen LogP contribution in [0.25, 0.3) is 0 Å². The van der Waals surface area contributed by atoms with Gasteiger partial charge in [-0.2, -0.15) is 0 Å². The topological polar surface area (TPSA) is 43.4 Å². The quantitative estimate of drug-likeness (QED) is 0.449. The van der Waals surface area contributed by atoms with Crippen LogP contribution >= 0.6 is 0 Å². The second-order valence-electron chi connectivity index (χ2n) is 2.70. The molecule has 0 N–H and O–H groups in total. The molecule has 1 aromatic rings. The van der Waals surface area contributed by atoms with Crippen LogP contribution in [0.1, 0.15) is 10.4 Å². The molecule has 4 heteroatoms. The summed E-state index contributed by atoms with van der Waals surface area (Å²) in [5.74, 6) is -1.14. The zero-order valence-corrected chi connectivity index (χ0v) is 8.07. The maximum atomic E-state index is 10.6. The van der Waals surface area contributed by atoms with Gasteiger partial charge in [0.25, 0.3) is 0 Å². The van der Waals surface area contributed by atoms with Crippen LogP contribution in [0.2, 0.25) is 0 Å². The Labute approximate surface area is 89.5 Å². The molecule has 0 fully saturated rings. The number of benzene rings is 1. The number of carboxylic acid groups (broad SMARTS) is 1. The van der Waals surface area contributed by atoms with E-state index in [1.54, 1.807) is 37.2 Å². The molecular weight excluding hydrogens is 161 g/mol. The van der Waals surface area contributed by atoms with E-state index in [9.17, 15) is 9.90 Å². The maximum absolute atomic E-state index is 10.6. The molecule has 0 aliphatic heterocycles. The number of carboxylic acids is 1. The van der Waals surface area contributed by atoms with Gasteiger partial charge in [-0.3, -0.25) is 0 Å². The van der Waals surface area contributed by atoms with Crippen molar-refractivity contribution in [2.45, 2.75) is 0 Å². The summed E-state index contributed by atoms with van der Waals surface area (Å²) in [7, 11) is 3.59. The molecule has 0 saturated carbocycles. The SMILES string of the molecule is CN(C)c1ccccc1C(=O)[O-].[Li+]. The molecule has 0 aromatic heterocycles. The van der Waals surface area contributed by atoms with Crippen LogP contribution in [-0.2, 0) is 0 Å². The molecule has 0 aliphatic carbocycles. The van der Waals surface area contributed by atoms with Crippen molar-refractivity contribution in [3.05, 3.63) is 29.8 Å². The molecule has 0 bridgehead atoms. The fourth-order valence-corrected chi connectivity index (χ4v) is 1.04. The van der Waals surface area contributed by atoms with Gasteiger partial charge in [0, 0.05) is 25.3 Å². The Morgan fingerprint density at radius 3 is 2.23 bits per heavy atom. The average Bonchev–Trinajstić information content (AvgIpc) is 2.04. The molecule has 0 amide bonds. The minimum absolute atomic E-state index is 0. The zero-order chi connectivity index (χ0) is 9.14. The Kier molecular flexibility index (Phi) is 4.61. The number of aromatic carboxylic acids is 1. The molecule has 64 valence electrons. The van der Waals surface area contributed by atoms with Crippen molar-refractivity contribution in [2.75, 3.05) is 19.0 Å². The van der Waals surface area contributed by atoms with Gasteiger partial charge in [-0.15, -0.1) is 0 Å². The third-order valence-corrected chi connectivity index (χ3v) is 1.61. The summed E-state index contributed by atoms with van der Waals surface area (Å²) >= 11 is 0. The number of para-hydroxylation sites is 1. The molecule has 1 rings (SSSR count). The van der Waals surface area contributed by atoms with Crippen LogP contribution in [0.15, 0.2) is 24.3 Å². The van der Waals surface area contributed by atoms with Crippen molar-refractivity contribution in [3.8, 4) is 0 Å². The van der Waals surface area contributed by atoms with Crippen LogP contribution < -0.4 is 28.9 Å². The Morgan fingerprint density at radius 1 is 1.31 bits per heavy atom. The number of nitrogens with zero attached hydrogens (tertiary/aromatic N) is 1. The van der Waals surface area contributed by atoms with Gasteiger partial charge in [-0.25, -0.2) is 0 Å². The predicted octanol–water partition coefficient (Wildman–Crippen LogP) is -2.88. The summed E-state index contributed by atoms with van der Waals surface area (Å²) in [4.78, 5) is 12.3. The second-order valence-corrected chi connectivity index (χ2v) is 2.70. The number of rotatable bonds is 2. The van der Waals surface area contributed by atoms with E-state index in [-0.39, 0.29) is 24.4 Å². The summed E-state index contributed by atoms with van der Waals surface area (Å²) in [6.45, 7) is 0. The summed E-state index contributed by atoms with van der Waals surface area (Å²) < 4.78 is 0. The Morgan fingerprint density at radius 2 is 1.85 bits per heavy atom. The molecule has 0 heterocycles. The van der Waals surface area contributed by atoms with E-state index in [1.165, 1.54) is 6.07 Å². The van der Waals surface area contributed by atoms with Crippen LogP contribution in [-0.4, -0.2) is 20.1 Å². The molecule has 0 atom stereocenters. The van der Waals surface area contributed by atoms with Gasteiger partial charge < -0.3 is 14.8 Å². The Hall–Kier alpha value is -0.913. The van der Waals surface area contributed by atoms with Gasteiger partial charge in [-0.05, 0) is 6.07 Å². The van der Waals surface area contributed by atoms with Crippen molar-refractivity contribution < 1.29 is 28.8 Å². The van der Waals surface area contributed by atoms with Crippen LogP contribution in [0.3, 0.4) is 0 Å². The molecule has 0 saturated heterocycles. The molecular formula is C9H10LiNO2. The van der Waals surface area contributed by atoms with Crippen LogP contribution in [0.4, 0.5) is 5.69 Å². The minimum atomic E-state index is -1.14. The van der Waals surface area contributed by atoms with E-state index in [0.717, 1.165) is 0 Å². The largest absolute Gasteiger partial charge is 1.00 e. The van der Waals surface area contributed by atoms with E-state index in [1.807, 2.05) is 0 Å². The van der Waals surface area contributed by atoms with E-state index in [4.69, 9.17) is 0 Å². The van der Waals surface area contributed by atoms with Crippen molar-refractivity contribution >= 4 is 11.7 Å². The molecule has 13 heavy (non-hydrogen) atoms. The number of carbonyl (C=O) groups excluding carboxylic acids is 1. The molecule has 0 radical (unpaired) electrons. The van der Waals surface area contributed by atoms with E-state index < -0.39 is 5.97 Å². The van der Waals surface area contributed by atoms with E-state index in [2.05, 4.69) is 0 Å². The fraction of sp³-hybridized carbons (Fsp3) is 0.222. The predicted molar refractivity (Wildman–Crippen MR) is 45.1 cm³/mol. The van der Waals surface area contributed by atoms with Gasteiger partial charge in [0.15, 0.2) is 0 Å². The number of anilines is 1. The molecule has 0 unspecified atom stereocenters. The van der Waals surface area contributed by atoms with Crippen LogP contribution in [0.5, 0.6) is 0 Å². The van der Waals surface area contributed by atoms with Gasteiger partial charge in [0.1, 0.15) is 0 Å². The monoisotopic (exact) mass is 171 g/mol. The normalized spacial score (nSPS) is 8.77. The first-order valence-corrected chi connectivity index (χ1v) is 3.60. The van der Waals surface area contributed by atoms with Gasteiger partial charge >= 0.3 is 18.9 Å². The number of carbonyl (C=O) groups is 1. The maximum Gasteiger partial charge on any atom is 1.00 e. The first kappa shape index (κ1) is 12.1. The van der Waals surface area contributed by atoms with E-state index in [0.29, 0.717) is 5.69 Å². The first-order chi connectivity index (χ1) is 5.63. The van der Waals surface area contributed by atoms with E-state index >= 15 is 0 Å². The standard InChI is InChI=1S/C9H11NO2.Li/c1-10(2)8-6-4-3-5-7(8)9(11)12;/h3-6H,1-2H3,(H,11,12);/q;+1/p-1. The van der Waals surface area contributed by atoms with Crippen LogP contribution in [0, 0.1) is 0 Å². The van der Waals surface area contributed by atoms with Crippen molar-refractivity contribution in [1.29, 1.82) is 0 Å². The fourth-order valence-electron chi connectivity index (χ4n) is 1.04. The number of hydrogen-bond acceptors (Lipinski definition) is 3. The zero-order valence-electron chi connectivity index (χ0n) is 8.07.